The summed E-state index contributed by atoms with van der Waals surface area (Å²) in [6, 6.07) is 12.1. The van der Waals surface area contributed by atoms with Gasteiger partial charge in [-0.05, 0) is 104 Å². The Bertz CT molecular complexity index is 1540. The van der Waals surface area contributed by atoms with Crippen LogP contribution >= 0.6 is 0 Å². The van der Waals surface area contributed by atoms with Crippen molar-refractivity contribution in [3.63, 3.8) is 0 Å². The SMILES string of the molecule is C#Cc1cc(C[C@@H](OCCCC2CCC(CCC3Cc4ccccc4NC3=O)CC2)C(=O)N2CCC(CCC3CCCCC3)CC2)cc(C=C)c1N. The molecule has 0 radical (unpaired) electrons. The van der Waals surface area contributed by atoms with Gasteiger partial charge in [-0.15, -0.1) is 6.42 Å². The molecule has 1 unspecified atom stereocenters. The van der Waals surface area contributed by atoms with Gasteiger partial charge in [0.25, 0.3) is 5.91 Å². The smallest absolute Gasteiger partial charge is 0.252 e. The normalized spacial score (nSPS) is 23.3. The molecule has 2 aliphatic heterocycles. The summed E-state index contributed by atoms with van der Waals surface area (Å²) in [6.07, 6.45) is 29.4. The van der Waals surface area contributed by atoms with Crippen molar-refractivity contribution in [2.75, 3.05) is 30.7 Å². The molecule has 6 rings (SSSR count). The molecule has 3 fully saturated rings. The highest BCUT2D eigenvalue weighted by Crippen LogP contribution is 2.37. The molecule has 2 aliphatic carbocycles. The lowest BCUT2D eigenvalue weighted by atomic mass is 9.77. The summed E-state index contributed by atoms with van der Waals surface area (Å²) >= 11 is 0. The van der Waals surface area contributed by atoms with Gasteiger partial charge >= 0.3 is 0 Å². The minimum absolute atomic E-state index is 0.0905. The number of hydrogen-bond acceptors (Lipinski definition) is 4. The summed E-state index contributed by atoms with van der Waals surface area (Å²) in [6.45, 7) is 6.16. The van der Waals surface area contributed by atoms with Gasteiger partial charge in [0, 0.05) is 43.3 Å². The van der Waals surface area contributed by atoms with E-state index in [-0.39, 0.29) is 17.7 Å². The molecule has 2 heterocycles. The number of nitrogens with zero attached hydrogens (tertiary/aromatic N) is 1. The lowest BCUT2D eigenvalue weighted by Gasteiger charge is -2.35. The minimum atomic E-state index is -0.537. The molecule has 0 spiro atoms. The third kappa shape index (κ3) is 10.3. The van der Waals surface area contributed by atoms with Crippen molar-refractivity contribution < 1.29 is 14.3 Å². The second-order valence-corrected chi connectivity index (χ2v) is 16.6. The number of benzene rings is 2. The molecule has 0 aromatic heterocycles. The van der Waals surface area contributed by atoms with Gasteiger partial charge in [0.2, 0.25) is 5.91 Å². The maximum absolute atomic E-state index is 14.1. The number of carbonyl (C=O) groups excluding carboxylic acids is 2. The molecule has 52 heavy (non-hydrogen) atoms. The first-order chi connectivity index (χ1) is 25.4. The highest BCUT2D eigenvalue weighted by molar-refractivity contribution is 5.95. The van der Waals surface area contributed by atoms with E-state index in [9.17, 15) is 9.59 Å². The maximum atomic E-state index is 14.1. The number of terminal acetylenes is 1. The highest BCUT2D eigenvalue weighted by Gasteiger charge is 2.31. The molecule has 1 saturated heterocycles. The number of ether oxygens (including phenoxy) is 1. The largest absolute Gasteiger partial charge is 0.397 e. The molecule has 2 amide bonds. The third-order valence-electron chi connectivity index (χ3n) is 13.1. The minimum Gasteiger partial charge on any atom is -0.397 e. The van der Waals surface area contributed by atoms with Gasteiger partial charge in [-0.2, -0.15) is 0 Å². The Morgan fingerprint density at radius 1 is 0.923 bits per heavy atom. The standard InChI is InChI=1S/C46H63N3O3/c1-3-38-29-37(30-39(4-2)44(38)47)31-43(46(51)49-26-24-36(25-27-49)21-16-33-11-6-5-7-12-33)52-28-10-13-34-17-19-35(20-18-34)22-23-41-32-40-14-8-9-15-42(40)48-45(41)50/h1,4,8-9,14-15,29-30,33-36,41,43H,2,5-7,10-13,16-28,31-32,47H2,(H,48,50)/t34?,35?,41?,43-/m1/s1. The summed E-state index contributed by atoms with van der Waals surface area (Å²) in [4.78, 5) is 28.8. The topological polar surface area (TPSA) is 84.7 Å². The zero-order valence-corrected chi connectivity index (χ0v) is 31.6. The van der Waals surface area contributed by atoms with Crippen LogP contribution in [0.2, 0.25) is 0 Å². The van der Waals surface area contributed by atoms with E-state index in [1.54, 1.807) is 6.08 Å². The first kappa shape index (κ1) is 38.2. The number of nitrogens with two attached hydrogens (primary N) is 1. The Hall–Kier alpha value is -3.56. The Kier molecular flexibility index (Phi) is 13.9. The van der Waals surface area contributed by atoms with E-state index >= 15 is 0 Å². The van der Waals surface area contributed by atoms with Crippen LogP contribution in [0.15, 0.2) is 43.0 Å². The average molecular weight is 706 g/mol. The summed E-state index contributed by atoms with van der Waals surface area (Å²) < 4.78 is 6.51. The van der Waals surface area contributed by atoms with E-state index in [1.807, 2.05) is 24.3 Å². The van der Waals surface area contributed by atoms with Crippen molar-refractivity contribution in [2.45, 2.75) is 128 Å². The number of amides is 2. The van der Waals surface area contributed by atoms with Crippen LogP contribution in [0.25, 0.3) is 6.08 Å². The number of carbonyl (C=O) groups is 2. The molecule has 6 nitrogen and oxygen atoms in total. The Balaban J connectivity index is 0.963. The summed E-state index contributed by atoms with van der Waals surface area (Å²) in [7, 11) is 0. The first-order valence-electron chi connectivity index (χ1n) is 20.7. The van der Waals surface area contributed by atoms with E-state index < -0.39 is 6.10 Å². The molecule has 3 N–H and O–H groups in total. The molecule has 6 heteroatoms. The van der Waals surface area contributed by atoms with Gasteiger partial charge in [-0.3, -0.25) is 9.59 Å². The quantitative estimate of drug-likeness (QED) is 0.110. The summed E-state index contributed by atoms with van der Waals surface area (Å²) in [5, 5.41) is 3.12. The second kappa shape index (κ2) is 19.0. The first-order valence-corrected chi connectivity index (χ1v) is 20.7. The zero-order chi connectivity index (χ0) is 36.3. The van der Waals surface area contributed by atoms with Crippen molar-refractivity contribution >= 4 is 29.3 Å². The Morgan fingerprint density at radius 3 is 2.29 bits per heavy atom. The van der Waals surface area contributed by atoms with E-state index in [2.05, 4.69) is 34.8 Å². The van der Waals surface area contributed by atoms with Crippen molar-refractivity contribution in [1.29, 1.82) is 0 Å². The van der Waals surface area contributed by atoms with Gasteiger partial charge in [0.1, 0.15) is 6.10 Å². The van der Waals surface area contributed by atoms with Crippen LogP contribution in [0, 0.1) is 41.9 Å². The predicted octanol–water partition coefficient (Wildman–Crippen LogP) is 9.60. The fourth-order valence-electron chi connectivity index (χ4n) is 9.66. The lowest BCUT2D eigenvalue weighted by molar-refractivity contribution is -0.145. The van der Waals surface area contributed by atoms with Gasteiger partial charge in [0.15, 0.2) is 0 Å². The van der Waals surface area contributed by atoms with Crippen LogP contribution in [0.5, 0.6) is 0 Å². The fraction of sp³-hybridized carbons (Fsp3) is 0.609. The van der Waals surface area contributed by atoms with Gasteiger partial charge in [-0.1, -0.05) is 107 Å². The predicted molar refractivity (Wildman–Crippen MR) is 214 cm³/mol. The van der Waals surface area contributed by atoms with Crippen LogP contribution in [0.4, 0.5) is 11.4 Å². The number of nitrogens with one attached hydrogen (secondary N) is 1. The van der Waals surface area contributed by atoms with Crippen molar-refractivity contribution in [3.8, 4) is 12.3 Å². The number of piperidine rings is 1. The molecule has 2 atom stereocenters. The monoisotopic (exact) mass is 705 g/mol. The number of anilines is 2. The molecular weight excluding hydrogens is 643 g/mol. The van der Waals surface area contributed by atoms with Crippen LogP contribution in [-0.2, 0) is 27.2 Å². The van der Waals surface area contributed by atoms with Crippen molar-refractivity contribution in [2.24, 2.45) is 29.6 Å². The summed E-state index contributed by atoms with van der Waals surface area (Å²) in [5.41, 5.74) is 11.5. The lowest BCUT2D eigenvalue weighted by Crippen LogP contribution is -2.45. The average Bonchev–Trinajstić information content (AvgIpc) is 3.18. The highest BCUT2D eigenvalue weighted by atomic mass is 16.5. The van der Waals surface area contributed by atoms with Gasteiger partial charge in [-0.25, -0.2) is 0 Å². The van der Waals surface area contributed by atoms with Gasteiger partial charge in [0.05, 0.1) is 5.69 Å². The van der Waals surface area contributed by atoms with E-state index in [4.69, 9.17) is 16.9 Å². The second-order valence-electron chi connectivity index (χ2n) is 16.6. The van der Waals surface area contributed by atoms with Crippen LogP contribution in [0.3, 0.4) is 0 Å². The van der Waals surface area contributed by atoms with Crippen molar-refractivity contribution in [1.82, 2.24) is 4.90 Å². The zero-order valence-electron chi connectivity index (χ0n) is 31.6. The molecule has 2 aromatic carbocycles. The molecule has 2 aromatic rings. The molecule has 4 aliphatic rings. The third-order valence-corrected chi connectivity index (χ3v) is 13.1. The number of para-hydroxylation sites is 1. The number of rotatable bonds is 15. The van der Waals surface area contributed by atoms with Crippen molar-refractivity contribution in [3.05, 3.63) is 65.2 Å². The summed E-state index contributed by atoms with van der Waals surface area (Å²) in [5.74, 6) is 6.17. The fourth-order valence-corrected chi connectivity index (χ4v) is 9.66. The Morgan fingerprint density at radius 2 is 1.58 bits per heavy atom. The maximum Gasteiger partial charge on any atom is 0.252 e. The number of nitrogen functional groups attached to an aromatic ring is 1. The van der Waals surface area contributed by atoms with Crippen LogP contribution < -0.4 is 11.1 Å². The molecular formula is C46H63N3O3. The molecule has 2 saturated carbocycles. The van der Waals surface area contributed by atoms with Gasteiger partial charge < -0.3 is 20.7 Å². The number of likely N-dealkylation sites (tertiary alicyclic amines) is 1. The van der Waals surface area contributed by atoms with E-state index in [0.717, 1.165) is 86.7 Å². The molecule has 0 bridgehead atoms. The Labute approximate surface area is 313 Å². The van der Waals surface area contributed by atoms with Crippen LogP contribution in [-0.4, -0.2) is 42.5 Å². The number of hydrogen-bond donors (Lipinski definition) is 2. The van der Waals surface area contributed by atoms with E-state index in [1.165, 1.54) is 76.2 Å². The number of fused-ring (bicyclic) bond motifs is 1. The van der Waals surface area contributed by atoms with Crippen LogP contribution in [0.1, 0.15) is 131 Å². The van der Waals surface area contributed by atoms with E-state index in [0.29, 0.717) is 36.1 Å². The molecule has 280 valence electrons.